The third kappa shape index (κ3) is 5.07. The zero-order valence-corrected chi connectivity index (χ0v) is 18.3. The van der Waals surface area contributed by atoms with Crippen LogP contribution in [0.15, 0.2) is 82.7 Å². The minimum atomic E-state index is -0.491. The second-order valence-electron chi connectivity index (χ2n) is 6.98. The van der Waals surface area contributed by atoms with Gasteiger partial charge in [0, 0.05) is 0 Å². The third-order valence-electron chi connectivity index (χ3n) is 4.61. The second kappa shape index (κ2) is 9.53. The monoisotopic (exact) mass is 444 g/mol. The number of aryl methyl sites for hydroxylation is 1. The Balaban J connectivity index is 1.55. The van der Waals surface area contributed by atoms with Gasteiger partial charge < -0.3 is 14.8 Å². The first-order valence-corrected chi connectivity index (χ1v) is 10.6. The maximum absolute atomic E-state index is 12.5. The van der Waals surface area contributed by atoms with Crippen molar-refractivity contribution in [2.24, 2.45) is 4.99 Å². The van der Waals surface area contributed by atoms with Gasteiger partial charge in [0.15, 0.2) is 16.7 Å². The normalized spacial score (nSPS) is 15.6. The fourth-order valence-corrected chi connectivity index (χ4v) is 3.81. The lowest BCUT2D eigenvalue weighted by molar-refractivity contribution is -0.115. The average molecular weight is 445 g/mol. The number of hydrogen-bond acceptors (Lipinski definition) is 6. The molecule has 0 saturated carbocycles. The molecule has 0 unspecified atom stereocenters. The van der Waals surface area contributed by atoms with Crippen LogP contribution in [-0.4, -0.2) is 24.2 Å². The van der Waals surface area contributed by atoms with E-state index in [9.17, 15) is 9.59 Å². The van der Waals surface area contributed by atoms with E-state index in [1.54, 1.807) is 48.5 Å². The molecule has 1 aliphatic heterocycles. The number of aliphatic imine (C=N–C) groups is 1. The van der Waals surface area contributed by atoms with Gasteiger partial charge in [0.2, 0.25) is 0 Å². The van der Waals surface area contributed by atoms with Crippen molar-refractivity contribution in [2.75, 3.05) is 7.11 Å². The summed E-state index contributed by atoms with van der Waals surface area (Å²) in [7, 11) is 1.50. The maximum atomic E-state index is 12.5. The number of thioether (sulfide) groups is 1. The molecule has 1 N–H and O–H groups in total. The standard InChI is InChI=1S/C25H20N2O4S/c1-16-8-11-19(12-9-16)26-25-27-23(28)22(32-25)15-17-10-13-20(30-2)21(14-17)31-24(29)18-6-4-3-5-7-18/h3-15H,1-2H3,(H,26,27,28)/b22-15-. The first kappa shape index (κ1) is 21.4. The van der Waals surface area contributed by atoms with Crippen LogP contribution in [0.3, 0.4) is 0 Å². The van der Waals surface area contributed by atoms with Gasteiger partial charge in [0.25, 0.3) is 5.91 Å². The molecule has 3 aromatic rings. The number of nitrogens with zero attached hydrogens (tertiary/aromatic N) is 1. The third-order valence-corrected chi connectivity index (χ3v) is 5.52. The summed E-state index contributed by atoms with van der Waals surface area (Å²) in [6.45, 7) is 2.00. The smallest absolute Gasteiger partial charge is 0.343 e. The summed E-state index contributed by atoms with van der Waals surface area (Å²) in [6, 6.07) is 21.6. The molecule has 1 saturated heterocycles. The zero-order chi connectivity index (χ0) is 22.5. The van der Waals surface area contributed by atoms with E-state index in [0.29, 0.717) is 26.9 Å². The highest BCUT2D eigenvalue weighted by Gasteiger charge is 2.24. The summed E-state index contributed by atoms with van der Waals surface area (Å²) in [5.41, 5.74) is 3.03. The topological polar surface area (TPSA) is 77.0 Å². The van der Waals surface area contributed by atoms with Crippen molar-refractivity contribution in [3.63, 3.8) is 0 Å². The number of benzene rings is 3. The fourth-order valence-electron chi connectivity index (χ4n) is 2.96. The predicted octanol–water partition coefficient (Wildman–Crippen LogP) is 5.11. The van der Waals surface area contributed by atoms with Crippen molar-refractivity contribution in [3.05, 3.63) is 94.4 Å². The molecule has 7 heteroatoms. The molecule has 0 spiro atoms. The van der Waals surface area contributed by atoms with Gasteiger partial charge in [0.05, 0.1) is 23.3 Å². The van der Waals surface area contributed by atoms with Crippen molar-refractivity contribution in [2.45, 2.75) is 6.92 Å². The highest BCUT2D eigenvalue weighted by Crippen LogP contribution is 2.32. The Labute approximate surface area is 190 Å². The number of hydrogen-bond donors (Lipinski definition) is 1. The predicted molar refractivity (Wildman–Crippen MR) is 126 cm³/mol. The van der Waals surface area contributed by atoms with E-state index in [1.807, 2.05) is 37.3 Å². The Morgan fingerprint density at radius 1 is 1.00 bits per heavy atom. The minimum absolute atomic E-state index is 0.237. The maximum Gasteiger partial charge on any atom is 0.343 e. The van der Waals surface area contributed by atoms with E-state index in [-0.39, 0.29) is 11.7 Å². The van der Waals surface area contributed by atoms with E-state index in [4.69, 9.17) is 9.47 Å². The Morgan fingerprint density at radius 2 is 1.75 bits per heavy atom. The molecule has 1 fully saturated rings. The number of carbonyl (C=O) groups is 2. The van der Waals surface area contributed by atoms with Crippen LogP contribution in [0.5, 0.6) is 11.5 Å². The minimum Gasteiger partial charge on any atom is -0.493 e. The van der Waals surface area contributed by atoms with E-state index in [0.717, 1.165) is 11.3 Å². The molecule has 1 amide bonds. The number of rotatable bonds is 5. The van der Waals surface area contributed by atoms with Gasteiger partial charge in [-0.05, 0) is 66.7 Å². The molecule has 1 aliphatic rings. The SMILES string of the molecule is COc1ccc(/C=C2\SC(=Nc3ccc(C)cc3)NC2=O)cc1OC(=O)c1ccccc1. The molecule has 6 nitrogen and oxygen atoms in total. The van der Waals surface area contributed by atoms with E-state index < -0.39 is 5.97 Å². The first-order chi connectivity index (χ1) is 15.5. The summed E-state index contributed by atoms with van der Waals surface area (Å²) >= 11 is 1.25. The van der Waals surface area contributed by atoms with Gasteiger partial charge in [-0.1, -0.05) is 42.0 Å². The number of esters is 1. The number of amides is 1. The number of methoxy groups -OCH3 is 1. The summed E-state index contributed by atoms with van der Waals surface area (Å²) in [6.07, 6.45) is 1.72. The number of amidine groups is 1. The van der Waals surface area contributed by atoms with Crippen LogP contribution < -0.4 is 14.8 Å². The molecule has 32 heavy (non-hydrogen) atoms. The molecule has 0 radical (unpaired) electrons. The Kier molecular flexibility index (Phi) is 6.37. The molecule has 0 bridgehead atoms. The van der Waals surface area contributed by atoms with Crippen LogP contribution in [0.4, 0.5) is 5.69 Å². The summed E-state index contributed by atoms with van der Waals surface area (Å²) in [5, 5.41) is 3.28. The highest BCUT2D eigenvalue weighted by molar-refractivity contribution is 8.18. The second-order valence-corrected chi connectivity index (χ2v) is 8.01. The van der Waals surface area contributed by atoms with Gasteiger partial charge in [-0.3, -0.25) is 4.79 Å². The van der Waals surface area contributed by atoms with Gasteiger partial charge in [-0.15, -0.1) is 0 Å². The first-order valence-electron chi connectivity index (χ1n) is 9.83. The van der Waals surface area contributed by atoms with Crippen molar-refractivity contribution >= 4 is 40.6 Å². The number of ether oxygens (including phenoxy) is 2. The molecule has 0 atom stereocenters. The van der Waals surface area contributed by atoms with Gasteiger partial charge in [0.1, 0.15) is 0 Å². The van der Waals surface area contributed by atoms with E-state index >= 15 is 0 Å². The van der Waals surface area contributed by atoms with Crippen molar-refractivity contribution in [1.82, 2.24) is 5.32 Å². The zero-order valence-electron chi connectivity index (χ0n) is 17.5. The summed E-state index contributed by atoms with van der Waals surface area (Å²) < 4.78 is 10.9. The van der Waals surface area contributed by atoms with Gasteiger partial charge >= 0.3 is 5.97 Å². The molecule has 0 aromatic heterocycles. The van der Waals surface area contributed by atoms with Crippen LogP contribution >= 0.6 is 11.8 Å². The van der Waals surface area contributed by atoms with Crippen LogP contribution in [0.25, 0.3) is 6.08 Å². The molecular formula is C25H20N2O4S. The lowest BCUT2D eigenvalue weighted by Gasteiger charge is -2.10. The fraction of sp³-hybridized carbons (Fsp3) is 0.0800. The van der Waals surface area contributed by atoms with Crippen molar-refractivity contribution in [1.29, 1.82) is 0 Å². The lowest BCUT2D eigenvalue weighted by Crippen LogP contribution is -2.19. The molecule has 160 valence electrons. The van der Waals surface area contributed by atoms with Crippen LogP contribution in [0.1, 0.15) is 21.5 Å². The van der Waals surface area contributed by atoms with Crippen molar-refractivity contribution < 1.29 is 19.1 Å². The van der Waals surface area contributed by atoms with Gasteiger partial charge in [-0.25, -0.2) is 9.79 Å². The van der Waals surface area contributed by atoms with Crippen LogP contribution in [0, 0.1) is 6.92 Å². The van der Waals surface area contributed by atoms with Crippen LogP contribution in [-0.2, 0) is 4.79 Å². The number of carbonyl (C=O) groups excluding carboxylic acids is 2. The summed E-state index contributed by atoms with van der Waals surface area (Å²) in [4.78, 5) is 29.8. The quantitative estimate of drug-likeness (QED) is 0.336. The van der Waals surface area contributed by atoms with Crippen molar-refractivity contribution in [3.8, 4) is 11.5 Å². The Bertz CT molecular complexity index is 1220. The van der Waals surface area contributed by atoms with E-state index in [2.05, 4.69) is 10.3 Å². The Hall–Kier alpha value is -3.84. The molecule has 4 rings (SSSR count). The molecule has 0 aliphatic carbocycles. The molecule has 3 aromatic carbocycles. The van der Waals surface area contributed by atoms with E-state index in [1.165, 1.54) is 18.9 Å². The lowest BCUT2D eigenvalue weighted by atomic mass is 10.1. The molecular weight excluding hydrogens is 424 g/mol. The highest BCUT2D eigenvalue weighted by atomic mass is 32.2. The number of nitrogens with one attached hydrogen (secondary N) is 1. The Morgan fingerprint density at radius 3 is 2.47 bits per heavy atom. The van der Waals surface area contributed by atoms with Crippen LogP contribution in [0.2, 0.25) is 0 Å². The largest absolute Gasteiger partial charge is 0.493 e. The van der Waals surface area contributed by atoms with Gasteiger partial charge in [-0.2, -0.15) is 0 Å². The average Bonchev–Trinajstić information content (AvgIpc) is 3.14. The summed E-state index contributed by atoms with van der Waals surface area (Å²) in [5.74, 6) is -0.0389. The molecule has 1 heterocycles.